The smallest absolute Gasteiger partial charge is 0.344 e. The van der Waals surface area contributed by atoms with Gasteiger partial charge in [-0.2, -0.15) is 0 Å². The maximum atomic E-state index is 12.0. The van der Waals surface area contributed by atoms with Crippen LogP contribution in [-0.2, 0) is 20.9 Å². The number of ether oxygens (including phenoxy) is 2. The van der Waals surface area contributed by atoms with Crippen molar-refractivity contribution < 1.29 is 19.1 Å². The number of carbonyl (C=O) groups is 2. The van der Waals surface area contributed by atoms with Gasteiger partial charge in [0, 0.05) is 11.6 Å². The van der Waals surface area contributed by atoms with Gasteiger partial charge in [-0.05, 0) is 30.7 Å². The summed E-state index contributed by atoms with van der Waals surface area (Å²) in [5.41, 5.74) is 0.954. The zero-order valence-corrected chi connectivity index (χ0v) is 15.0. The highest BCUT2D eigenvalue weighted by Gasteiger charge is 2.18. The van der Waals surface area contributed by atoms with Crippen LogP contribution in [0.15, 0.2) is 48.5 Å². The Morgan fingerprint density at radius 3 is 2.52 bits per heavy atom. The fraction of sp³-hybridized carbons (Fsp3) is 0.222. The van der Waals surface area contributed by atoms with Crippen molar-refractivity contribution in [1.29, 1.82) is 0 Å². The molecule has 0 heterocycles. The predicted octanol–water partition coefficient (Wildman–Crippen LogP) is 3.62. The zero-order chi connectivity index (χ0) is 18.2. The molecule has 0 saturated heterocycles. The Morgan fingerprint density at radius 1 is 1.12 bits per heavy atom. The maximum Gasteiger partial charge on any atom is 0.344 e. The Kier molecular flexibility index (Phi) is 7.10. The van der Waals surface area contributed by atoms with Gasteiger partial charge in [0.15, 0.2) is 12.7 Å². The van der Waals surface area contributed by atoms with Gasteiger partial charge in [0.05, 0.1) is 5.02 Å². The molecule has 0 spiro atoms. The van der Waals surface area contributed by atoms with Crippen LogP contribution in [0.1, 0.15) is 12.5 Å². The summed E-state index contributed by atoms with van der Waals surface area (Å²) in [6.07, 6.45) is -0.930. The predicted molar refractivity (Wildman–Crippen MR) is 95.8 cm³/mol. The van der Waals surface area contributed by atoms with Crippen molar-refractivity contribution in [3.63, 3.8) is 0 Å². The third-order valence-corrected chi connectivity index (χ3v) is 3.76. The second kappa shape index (κ2) is 9.30. The number of esters is 1. The van der Waals surface area contributed by atoms with Gasteiger partial charge in [-0.15, -0.1) is 0 Å². The van der Waals surface area contributed by atoms with Crippen LogP contribution in [0.2, 0.25) is 10.0 Å². The summed E-state index contributed by atoms with van der Waals surface area (Å²) in [4.78, 5) is 23.7. The van der Waals surface area contributed by atoms with E-state index in [1.54, 1.807) is 12.1 Å². The summed E-state index contributed by atoms with van der Waals surface area (Å²) in [6, 6.07) is 14.1. The molecule has 0 saturated carbocycles. The molecule has 2 rings (SSSR count). The number of hydrogen-bond acceptors (Lipinski definition) is 4. The highest BCUT2D eigenvalue weighted by atomic mass is 35.5. The van der Waals surface area contributed by atoms with Crippen LogP contribution in [0.25, 0.3) is 0 Å². The molecular formula is C18H17Cl2NO4. The van der Waals surface area contributed by atoms with E-state index in [9.17, 15) is 9.59 Å². The molecule has 1 amide bonds. The molecule has 25 heavy (non-hydrogen) atoms. The summed E-state index contributed by atoms with van der Waals surface area (Å²) >= 11 is 11.7. The number of hydrogen-bond donors (Lipinski definition) is 1. The van der Waals surface area contributed by atoms with Crippen LogP contribution in [0.3, 0.4) is 0 Å². The molecule has 0 aromatic heterocycles. The van der Waals surface area contributed by atoms with Crippen LogP contribution in [0.4, 0.5) is 0 Å². The van der Waals surface area contributed by atoms with E-state index in [0.29, 0.717) is 17.3 Å². The molecule has 0 unspecified atom stereocenters. The summed E-state index contributed by atoms with van der Waals surface area (Å²) in [6.45, 7) is 1.49. The van der Waals surface area contributed by atoms with Crippen LogP contribution in [0.5, 0.6) is 5.75 Å². The molecule has 0 aliphatic heterocycles. The fourth-order valence-corrected chi connectivity index (χ4v) is 2.41. The number of nitrogens with one attached hydrogen (secondary N) is 1. The topological polar surface area (TPSA) is 64.6 Å². The van der Waals surface area contributed by atoms with E-state index in [0.717, 1.165) is 5.56 Å². The van der Waals surface area contributed by atoms with Crippen molar-refractivity contribution >= 4 is 35.1 Å². The third kappa shape index (κ3) is 6.29. The van der Waals surface area contributed by atoms with Crippen molar-refractivity contribution in [2.24, 2.45) is 0 Å². The first-order chi connectivity index (χ1) is 12.0. The first kappa shape index (κ1) is 19.1. The van der Waals surface area contributed by atoms with E-state index in [-0.39, 0.29) is 17.5 Å². The Hall–Kier alpha value is -2.24. The van der Waals surface area contributed by atoms with Gasteiger partial charge in [0.25, 0.3) is 5.91 Å². The molecule has 7 heteroatoms. The second-order valence-electron chi connectivity index (χ2n) is 5.20. The molecule has 5 nitrogen and oxygen atoms in total. The Balaban J connectivity index is 1.76. The molecule has 1 atom stereocenters. The van der Waals surface area contributed by atoms with Crippen molar-refractivity contribution in [2.75, 3.05) is 6.61 Å². The van der Waals surface area contributed by atoms with E-state index in [1.807, 2.05) is 30.3 Å². The minimum Gasteiger partial charge on any atom is -0.480 e. The van der Waals surface area contributed by atoms with Crippen molar-refractivity contribution in [3.05, 3.63) is 64.1 Å². The lowest BCUT2D eigenvalue weighted by Gasteiger charge is -2.14. The SMILES string of the molecule is C[C@@H](OC(=O)COc1ccc(Cl)cc1Cl)C(=O)NCc1ccccc1. The number of halogens is 2. The van der Waals surface area contributed by atoms with Gasteiger partial charge in [-0.1, -0.05) is 53.5 Å². The van der Waals surface area contributed by atoms with Gasteiger partial charge in [0.2, 0.25) is 0 Å². The second-order valence-corrected chi connectivity index (χ2v) is 6.04. The highest BCUT2D eigenvalue weighted by molar-refractivity contribution is 6.35. The number of carbonyl (C=O) groups excluding carboxylic acids is 2. The summed E-state index contributed by atoms with van der Waals surface area (Å²) in [7, 11) is 0. The average Bonchev–Trinajstić information content (AvgIpc) is 2.59. The highest BCUT2D eigenvalue weighted by Crippen LogP contribution is 2.27. The quantitative estimate of drug-likeness (QED) is 0.743. The fourth-order valence-electron chi connectivity index (χ4n) is 1.94. The van der Waals surface area contributed by atoms with E-state index in [1.165, 1.54) is 13.0 Å². The van der Waals surface area contributed by atoms with Crippen molar-refractivity contribution in [3.8, 4) is 5.75 Å². The van der Waals surface area contributed by atoms with Gasteiger partial charge in [-0.3, -0.25) is 4.79 Å². The van der Waals surface area contributed by atoms with Gasteiger partial charge >= 0.3 is 5.97 Å². The molecule has 1 N–H and O–H groups in total. The van der Waals surface area contributed by atoms with Crippen molar-refractivity contribution in [2.45, 2.75) is 19.6 Å². The largest absolute Gasteiger partial charge is 0.480 e. The standard InChI is InChI=1S/C18H17Cl2NO4/c1-12(18(23)21-10-13-5-3-2-4-6-13)25-17(22)11-24-16-8-7-14(19)9-15(16)20/h2-9,12H,10-11H2,1H3,(H,21,23)/t12-/m1/s1. The lowest BCUT2D eigenvalue weighted by Crippen LogP contribution is -2.36. The molecule has 0 radical (unpaired) electrons. The minimum absolute atomic E-state index is 0.286. The Morgan fingerprint density at radius 2 is 1.84 bits per heavy atom. The molecule has 0 bridgehead atoms. The monoisotopic (exact) mass is 381 g/mol. The molecule has 0 fully saturated rings. The van der Waals surface area contributed by atoms with E-state index < -0.39 is 12.1 Å². The lowest BCUT2D eigenvalue weighted by atomic mass is 10.2. The first-order valence-electron chi connectivity index (χ1n) is 7.54. The molecule has 2 aromatic carbocycles. The van der Waals surface area contributed by atoms with Crippen LogP contribution < -0.4 is 10.1 Å². The van der Waals surface area contributed by atoms with E-state index in [4.69, 9.17) is 32.7 Å². The zero-order valence-electron chi connectivity index (χ0n) is 13.5. The van der Waals surface area contributed by atoms with Crippen LogP contribution >= 0.6 is 23.2 Å². The minimum atomic E-state index is -0.930. The Bertz CT molecular complexity index is 737. The van der Waals surface area contributed by atoms with E-state index in [2.05, 4.69) is 5.32 Å². The van der Waals surface area contributed by atoms with Gasteiger partial charge in [-0.25, -0.2) is 4.79 Å². The molecule has 0 aliphatic rings. The van der Waals surface area contributed by atoms with Gasteiger partial charge in [0.1, 0.15) is 5.75 Å². The molecule has 132 valence electrons. The molecule has 2 aromatic rings. The normalized spacial score (nSPS) is 11.5. The number of benzene rings is 2. The lowest BCUT2D eigenvalue weighted by molar-refractivity contribution is -0.156. The summed E-state index contributed by atoms with van der Waals surface area (Å²) in [5.74, 6) is -0.751. The summed E-state index contributed by atoms with van der Waals surface area (Å²) < 4.78 is 10.3. The number of amides is 1. The van der Waals surface area contributed by atoms with Crippen molar-refractivity contribution in [1.82, 2.24) is 5.32 Å². The summed E-state index contributed by atoms with van der Waals surface area (Å²) in [5, 5.41) is 3.45. The maximum absolute atomic E-state index is 12.0. The average molecular weight is 382 g/mol. The molecular weight excluding hydrogens is 365 g/mol. The first-order valence-corrected chi connectivity index (χ1v) is 8.30. The Labute approximate surface area is 155 Å². The molecule has 0 aliphatic carbocycles. The third-order valence-electron chi connectivity index (χ3n) is 3.23. The van der Waals surface area contributed by atoms with Gasteiger partial charge < -0.3 is 14.8 Å². The van der Waals surface area contributed by atoms with Crippen LogP contribution in [0, 0.1) is 0 Å². The number of rotatable bonds is 7. The van der Waals surface area contributed by atoms with E-state index >= 15 is 0 Å². The van der Waals surface area contributed by atoms with Crippen LogP contribution in [-0.4, -0.2) is 24.6 Å².